The third-order valence-corrected chi connectivity index (χ3v) is 4.96. The summed E-state index contributed by atoms with van der Waals surface area (Å²) in [4.78, 5) is 16.7. The molecule has 0 aromatic heterocycles. The fraction of sp³-hybridized carbons (Fsp3) is 0.933. The van der Waals surface area contributed by atoms with Crippen molar-refractivity contribution in [3.05, 3.63) is 0 Å². The molecule has 0 radical (unpaired) electrons. The summed E-state index contributed by atoms with van der Waals surface area (Å²) in [5.41, 5.74) is 5.07. The van der Waals surface area contributed by atoms with Crippen LogP contribution in [0.5, 0.6) is 0 Å². The molecule has 1 amide bonds. The van der Waals surface area contributed by atoms with Crippen LogP contribution < -0.4 is 11.1 Å². The van der Waals surface area contributed by atoms with Gasteiger partial charge < -0.3 is 16.0 Å². The van der Waals surface area contributed by atoms with E-state index in [-0.39, 0.29) is 5.91 Å². The van der Waals surface area contributed by atoms with E-state index in [2.05, 4.69) is 36.0 Å². The minimum Gasteiger partial charge on any atom is -0.368 e. The van der Waals surface area contributed by atoms with Crippen molar-refractivity contribution in [1.29, 1.82) is 0 Å². The third kappa shape index (κ3) is 3.71. The van der Waals surface area contributed by atoms with E-state index in [4.69, 9.17) is 5.73 Å². The standard InChI is InChI=1S/C15H30N4O/c1-11(19-8-7-18(4)12(2)10-19)9-15(3,14(16)20)17-13-5-6-13/h11-13,17H,5-10H2,1-4H3,(H2,16,20). The van der Waals surface area contributed by atoms with Crippen molar-refractivity contribution in [2.24, 2.45) is 5.73 Å². The second-order valence-electron chi connectivity index (χ2n) is 6.99. The molecule has 3 unspecified atom stereocenters. The van der Waals surface area contributed by atoms with Gasteiger partial charge in [-0.3, -0.25) is 9.69 Å². The Bertz CT molecular complexity index is 358. The van der Waals surface area contributed by atoms with Gasteiger partial charge in [-0.15, -0.1) is 0 Å². The van der Waals surface area contributed by atoms with Crippen LogP contribution in [-0.4, -0.2) is 66.1 Å². The molecule has 116 valence electrons. The van der Waals surface area contributed by atoms with Crippen molar-refractivity contribution in [2.45, 2.75) is 63.7 Å². The number of carbonyl (C=O) groups excluding carboxylic acids is 1. The molecular weight excluding hydrogens is 252 g/mol. The number of amides is 1. The fourth-order valence-corrected chi connectivity index (χ4v) is 3.11. The molecule has 2 aliphatic rings. The van der Waals surface area contributed by atoms with Crippen molar-refractivity contribution >= 4 is 5.91 Å². The Morgan fingerprint density at radius 3 is 2.60 bits per heavy atom. The molecule has 1 heterocycles. The number of nitrogens with zero attached hydrogens (tertiary/aromatic N) is 2. The molecule has 5 nitrogen and oxygen atoms in total. The van der Waals surface area contributed by atoms with Gasteiger partial charge in [0.05, 0.1) is 5.54 Å². The molecule has 0 aromatic carbocycles. The van der Waals surface area contributed by atoms with Gasteiger partial charge in [0.1, 0.15) is 0 Å². The Morgan fingerprint density at radius 2 is 2.10 bits per heavy atom. The summed E-state index contributed by atoms with van der Waals surface area (Å²) in [5, 5.41) is 3.45. The maximum atomic E-state index is 11.9. The Kier molecular flexibility index (Phi) is 4.72. The van der Waals surface area contributed by atoms with Gasteiger partial charge in [0, 0.05) is 37.8 Å². The lowest BCUT2D eigenvalue weighted by Gasteiger charge is -2.43. The molecule has 5 heteroatoms. The Hall–Kier alpha value is -0.650. The Labute approximate surface area is 122 Å². The van der Waals surface area contributed by atoms with Gasteiger partial charge in [-0.2, -0.15) is 0 Å². The van der Waals surface area contributed by atoms with Crippen LogP contribution in [0.1, 0.15) is 40.0 Å². The molecule has 1 aliphatic carbocycles. The summed E-state index contributed by atoms with van der Waals surface area (Å²) >= 11 is 0. The van der Waals surface area contributed by atoms with E-state index < -0.39 is 5.54 Å². The fourth-order valence-electron chi connectivity index (χ4n) is 3.11. The van der Waals surface area contributed by atoms with Crippen LogP contribution in [-0.2, 0) is 4.79 Å². The van der Waals surface area contributed by atoms with E-state index in [0.29, 0.717) is 18.1 Å². The lowest BCUT2D eigenvalue weighted by Crippen LogP contribution is -2.59. The summed E-state index contributed by atoms with van der Waals surface area (Å²) in [5.74, 6) is -0.224. The van der Waals surface area contributed by atoms with Crippen molar-refractivity contribution < 1.29 is 4.79 Å². The predicted octanol–water partition coefficient (Wildman–Crippen LogP) is 0.397. The second-order valence-corrected chi connectivity index (χ2v) is 6.99. The number of hydrogen-bond donors (Lipinski definition) is 2. The maximum absolute atomic E-state index is 11.9. The first-order valence-electron chi connectivity index (χ1n) is 7.84. The summed E-state index contributed by atoms with van der Waals surface area (Å²) in [7, 11) is 2.18. The zero-order chi connectivity index (χ0) is 14.9. The minimum atomic E-state index is -0.576. The van der Waals surface area contributed by atoms with Crippen LogP contribution in [0.25, 0.3) is 0 Å². The summed E-state index contributed by atoms with van der Waals surface area (Å²) < 4.78 is 0. The molecule has 2 rings (SSSR count). The number of nitrogens with two attached hydrogens (primary N) is 1. The van der Waals surface area contributed by atoms with Gasteiger partial charge >= 0.3 is 0 Å². The summed E-state index contributed by atoms with van der Waals surface area (Å²) in [6.07, 6.45) is 3.13. The Balaban J connectivity index is 1.93. The molecule has 1 saturated heterocycles. The molecule has 20 heavy (non-hydrogen) atoms. The number of piperazine rings is 1. The number of rotatable bonds is 6. The molecule has 0 spiro atoms. The zero-order valence-electron chi connectivity index (χ0n) is 13.4. The van der Waals surface area contributed by atoms with Crippen LogP contribution in [0.15, 0.2) is 0 Å². The monoisotopic (exact) mass is 282 g/mol. The smallest absolute Gasteiger partial charge is 0.237 e. The highest BCUT2D eigenvalue weighted by atomic mass is 16.1. The Morgan fingerprint density at radius 1 is 1.45 bits per heavy atom. The minimum absolute atomic E-state index is 0.224. The van der Waals surface area contributed by atoms with Gasteiger partial charge in [0.25, 0.3) is 0 Å². The van der Waals surface area contributed by atoms with Crippen molar-refractivity contribution in [1.82, 2.24) is 15.1 Å². The van der Waals surface area contributed by atoms with E-state index in [1.807, 2.05) is 6.92 Å². The highest BCUT2D eigenvalue weighted by molar-refractivity contribution is 5.84. The van der Waals surface area contributed by atoms with Crippen molar-refractivity contribution in [3.63, 3.8) is 0 Å². The molecule has 0 bridgehead atoms. The molecule has 3 N–H and O–H groups in total. The lowest BCUT2D eigenvalue weighted by molar-refractivity contribution is -0.124. The van der Waals surface area contributed by atoms with Crippen LogP contribution in [0, 0.1) is 0 Å². The van der Waals surface area contributed by atoms with Gasteiger partial charge in [0.2, 0.25) is 5.91 Å². The van der Waals surface area contributed by atoms with Crippen LogP contribution in [0.4, 0.5) is 0 Å². The number of nitrogens with one attached hydrogen (secondary N) is 1. The first-order chi connectivity index (χ1) is 9.32. The van der Waals surface area contributed by atoms with Crippen molar-refractivity contribution in [3.8, 4) is 0 Å². The van der Waals surface area contributed by atoms with Crippen LogP contribution in [0.2, 0.25) is 0 Å². The highest BCUT2D eigenvalue weighted by Gasteiger charge is 2.39. The van der Waals surface area contributed by atoms with Gasteiger partial charge in [-0.05, 0) is 47.1 Å². The average molecular weight is 282 g/mol. The van der Waals surface area contributed by atoms with E-state index >= 15 is 0 Å². The maximum Gasteiger partial charge on any atom is 0.237 e. The lowest BCUT2D eigenvalue weighted by atomic mass is 9.91. The van der Waals surface area contributed by atoms with Crippen LogP contribution in [0.3, 0.4) is 0 Å². The van der Waals surface area contributed by atoms with E-state index in [9.17, 15) is 4.79 Å². The molecule has 2 fully saturated rings. The predicted molar refractivity (Wildman–Crippen MR) is 81.5 cm³/mol. The number of primary amides is 1. The molecule has 1 saturated carbocycles. The average Bonchev–Trinajstić information content (AvgIpc) is 3.16. The quantitative estimate of drug-likeness (QED) is 0.740. The molecular formula is C15H30N4O. The summed E-state index contributed by atoms with van der Waals surface area (Å²) in [6, 6.07) is 1.43. The van der Waals surface area contributed by atoms with E-state index in [1.54, 1.807) is 0 Å². The summed E-state index contributed by atoms with van der Waals surface area (Å²) in [6.45, 7) is 9.66. The number of hydrogen-bond acceptors (Lipinski definition) is 4. The molecule has 1 aliphatic heterocycles. The first-order valence-corrected chi connectivity index (χ1v) is 7.84. The number of likely N-dealkylation sites (N-methyl/N-ethyl adjacent to an activating group) is 1. The SMILES string of the molecule is CC1CN(C(C)CC(C)(NC2CC2)C(N)=O)CCN1C. The van der Waals surface area contributed by atoms with Crippen LogP contribution >= 0.6 is 0 Å². The molecule has 3 atom stereocenters. The van der Waals surface area contributed by atoms with E-state index in [1.165, 1.54) is 12.8 Å². The topological polar surface area (TPSA) is 61.6 Å². The highest BCUT2D eigenvalue weighted by Crippen LogP contribution is 2.26. The third-order valence-electron chi connectivity index (χ3n) is 4.96. The first kappa shape index (κ1) is 15.7. The second kappa shape index (κ2) is 6.00. The zero-order valence-corrected chi connectivity index (χ0v) is 13.4. The van der Waals surface area contributed by atoms with Gasteiger partial charge in [0.15, 0.2) is 0 Å². The van der Waals surface area contributed by atoms with E-state index in [0.717, 1.165) is 26.1 Å². The normalized spacial score (nSPS) is 29.9. The molecule has 0 aromatic rings. The number of carbonyl (C=O) groups is 1. The van der Waals surface area contributed by atoms with Crippen molar-refractivity contribution in [2.75, 3.05) is 26.7 Å². The largest absolute Gasteiger partial charge is 0.368 e. The van der Waals surface area contributed by atoms with Gasteiger partial charge in [-0.1, -0.05) is 0 Å². The van der Waals surface area contributed by atoms with Gasteiger partial charge in [-0.25, -0.2) is 0 Å².